The number of amides is 1. The Labute approximate surface area is 222 Å². The number of nitrogens with zero attached hydrogens (tertiary/aromatic N) is 1. The molecule has 37 heavy (non-hydrogen) atoms. The summed E-state index contributed by atoms with van der Waals surface area (Å²) >= 11 is 3.42. The highest BCUT2D eigenvalue weighted by Crippen LogP contribution is 2.33. The first kappa shape index (κ1) is 26.8. The molecular formula is C28H27BrF2N2O4. The third-order valence-electron chi connectivity index (χ3n) is 6.20. The van der Waals surface area contributed by atoms with E-state index in [9.17, 15) is 13.6 Å². The summed E-state index contributed by atoms with van der Waals surface area (Å²) < 4.78 is 40.9. The predicted molar refractivity (Wildman–Crippen MR) is 140 cm³/mol. The van der Waals surface area contributed by atoms with Crippen molar-refractivity contribution in [3.05, 3.63) is 99.5 Å². The fourth-order valence-electron chi connectivity index (χ4n) is 4.08. The van der Waals surface area contributed by atoms with Crippen molar-refractivity contribution in [1.82, 2.24) is 5.32 Å². The van der Waals surface area contributed by atoms with Crippen LogP contribution in [0.25, 0.3) is 0 Å². The van der Waals surface area contributed by atoms with Crippen LogP contribution in [0.2, 0.25) is 0 Å². The van der Waals surface area contributed by atoms with E-state index in [4.69, 9.17) is 19.6 Å². The summed E-state index contributed by atoms with van der Waals surface area (Å²) in [5.74, 6) is -1.04. The standard InChI is InChI=1S/C28H27BrF2N2O4/c1-18-28(16-19-6-10-21(29)11-7-19,27(35)32-17-23-24(30)4-2-5-25(23)31)33-26(37-18)20-8-12-22(13-9-20)36-15-3-14-34/h2,4-13,18,34H,3,14-17H2,1H3,(H,32,35)/t18-,28-/m1/s1. The molecule has 0 bridgehead atoms. The van der Waals surface area contributed by atoms with Crippen LogP contribution in [0.4, 0.5) is 8.78 Å². The van der Waals surface area contributed by atoms with Crippen LogP contribution in [-0.4, -0.2) is 41.8 Å². The molecule has 6 nitrogen and oxygen atoms in total. The number of rotatable bonds is 10. The van der Waals surface area contributed by atoms with E-state index in [-0.39, 0.29) is 25.1 Å². The molecule has 2 atom stereocenters. The van der Waals surface area contributed by atoms with E-state index < -0.39 is 29.2 Å². The number of aliphatic hydroxyl groups excluding tert-OH is 1. The lowest BCUT2D eigenvalue weighted by Crippen LogP contribution is -2.52. The fourth-order valence-corrected chi connectivity index (χ4v) is 4.34. The third-order valence-corrected chi connectivity index (χ3v) is 6.73. The Bertz CT molecular complexity index is 1250. The van der Waals surface area contributed by atoms with Gasteiger partial charge in [0.25, 0.3) is 5.91 Å². The Morgan fingerprint density at radius 3 is 2.43 bits per heavy atom. The zero-order chi connectivity index (χ0) is 26.4. The molecule has 0 radical (unpaired) electrons. The maximum absolute atomic E-state index is 14.2. The molecule has 1 heterocycles. The van der Waals surface area contributed by atoms with Crippen LogP contribution in [0.1, 0.15) is 30.0 Å². The molecule has 0 unspecified atom stereocenters. The van der Waals surface area contributed by atoms with Crippen LogP contribution >= 0.6 is 15.9 Å². The molecule has 0 saturated heterocycles. The highest BCUT2D eigenvalue weighted by molar-refractivity contribution is 9.10. The molecule has 0 saturated carbocycles. The number of aliphatic hydroxyl groups is 1. The second-order valence-corrected chi connectivity index (χ2v) is 9.65. The maximum atomic E-state index is 14.2. The topological polar surface area (TPSA) is 80.2 Å². The SMILES string of the molecule is C[C@H]1OC(c2ccc(OCCCO)cc2)=N[C@@]1(Cc1ccc(Br)cc1)C(=O)NCc1c(F)cccc1F. The summed E-state index contributed by atoms with van der Waals surface area (Å²) in [6.45, 7) is 1.87. The minimum absolute atomic E-state index is 0.0483. The Morgan fingerprint density at radius 1 is 1.11 bits per heavy atom. The van der Waals surface area contributed by atoms with Gasteiger partial charge in [0, 0.05) is 41.6 Å². The maximum Gasteiger partial charge on any atom is 0.252 e. The van der Waals surface area contributed by atoms with E-state index in [0.29, 0.717) is 30.2 Å². The molecule has 4 rings (SSSR count). The molecule has 1 aliphatic heterocycles. The lowest BCUT2D eigenvalue weighted by Gasteiger charge is -2.28. The molecule has 0 aliphatic carbocycles. The summed E-state index contributed by atoms with van der Waals surface area (Å²) in [6.07, 6.45) is 0.0930. The molecule has 1 aliphatic rings. The quantitative estimate of drug-likeness (QED) is 0.337. The lowest BCUT2D eigenvalue weighted by molar-refractivity contribution is -0.128. The molecule has 0 fully saturated rings. The summed E-state index contributed by atoms with van der Waals surface area (Å²) in [6, 6.07) is 18.2. The van der Waals surface area contributed by atoms with Gasteiger partial charge in [-0.1, -0.05) is 34.1 Å². The van der Waals surface area contributed by atoms with E-state index in [2.05, 4.69) is 21.2 Å². The van der Waals surface area contributed by atoms with Crippen molar-refractivity contribution in [2.45, 2.75) is 38.0 Å². The third kappa shape index (κ3) is 6.17. The number of aliphatic imine (C=N–C) groups is 1. The Hall–Kier alpha value is -3.30. The highest BCUT2D eigenvalue weighted by Gasteiger charge is 2.50. The fraction of sp³-hybridized carbons (Fsp3) is 0.286. The van der Waals surface area contributed by atoms with Crippen LogP contribution in [0.5, 0.6) is 5.75 Å². The van der Waals surface area contributed by atoms with Gasteiger partial charge in [0.05, 0.1) is 6.61 Å². The molecule has 3 aromatic rings. The summed E-state index contributed by atoms with van der Waals surface area (Å²) in [5, 5.41) is 11.6. The van der Waals surface area contributed by atoms with Crippen molar-refractivity contribution in [2.24, 2.45) is 4.99 Å². The molecular weight excluding hydrogens is 546 g/mol. The average Bonchev–Trinajstić information content (AvgIpc) is 3.22. The molecule has 1 amide bonds. The average molecular weight is 573 g/mol. The van der Waals surface area contributed by atoms with Crippen molar-refractivity contribution in [3.8, 4) is 5.75 Å². The van der Waals surface area contributed by atoms with E-state index in [1.54, 1.807) is 31.2 Å². The van der Waals surface area contributed by atoms with Crippen LogP contribution in [0, 0.1) is 11.6 Å². The highest BCUT2D eigenvalue weighted by atomic mass is 79.9. The van der Waals surface area contributed by atoms with Gasteiger partial charge in [0.15, 0.2) is 5.54 Å². The summed E-state index contributed by atoms with van der Waals surface area (Å²) in [4.78, 5) is 18.4. The smallest absolute Gasteiger partial charge is 0.252 e. The van der Waals surface area contributed by atoms with Crippen LogP contribution in [0.15, 0.2) is 76.2 Å². The molecule has 0 spiro atoms. The number of carbonyl (C=O) groups is 1. The minimum atomic E-state index is -1.36. The molecule has 2 N–H and O–H groups in total. The summed E-state index contributed by atoms with van der Waals surface area (Å²) in [5.41, 5.74) is -0.0704. The monoisotopic (exact) mass is 572 g/mol. The number of hydrogen-bond donors (Lipinski definition) is 2. The van der Waals surface area contributed by atoms with Gasteiger partial charge in [-0.25, -0.2) is 13.8 Å². The second kappa shape index (κ2) is 11.8. The van der Waals surface area contributed by atoms with E-state index >= 15 is 0 Å². The van der Waals surface area contributed by atoms with Gasteiger partial charge >= 0.3 is 0 Å². The van der Waals surface area contributed by atoms with Crippen molar-refractivity contribution in [2.75, 3.05) is 13.2 Å². The van der Waals surface area contributed by atoms with Gasteiger partial charge in [-0.3, -0.25) is 4.79 Å². The number of halogens is 3. The van der Waals surface area contributed by atoms with E-state index in [0.717, 1.165) is 22.2 Å². The van der Waals surface area contributed by atoms with Crippen LogP contribution < -0.4 is 10.1 Å². The number of carbonyl (C=O) groups excluding carboxylic acids is 1. The Balaban J connectivity index is 1.62. The number of benzene rings is 3. The number of nitrogens with one attached hydrogen (secondary N) is 1. The first-order chi connectivity index (χ1) is 17.8. The van der Waals surface area contributed by atoms with Gasteiger partial charge < -0.3 is 19.9 Å². The van der Waals surface area contributed by atoms with Crippen LogP contribution in [0.3, 0.4) is 0 Å². The predicted octanol–water partition coefficient (Wildman–Crippen LogP) is 4.95. The van der Waals surface area contributed by atoms with E-state index in [1.165, 1.54) is 6.07 Å². The molecule has 3 aromatic carbocycles. The van der Waals surface area contributed by atoms with Crippen molar-refractivity contribution in [3.63, 3.8) is 0 Å². The summed E-state index contributed by atoms with van der Waals surface area (Å²) in [7, 11) is 0. The molecule has 9 heteroatoms. The van der Waals surface area contributed by atoms with Gasteiger partial charge in [-0.15, -0.1) is 0 Å². The van der Waals surface area contributed by atoms with Gasteiger partial charge in [0.2, 0.25) is 5.90 Å². The molecule has 0 aromatic heterocycles. The van der Waals surface area contributed by atoms with Gasteiger partial charge in [0.1, 0.15) is 23.5 Å². The Morgan fingerprint density at radius 2 is 1.78 bits per heavy atom. The lowest BCUT2D eigenvalue weighted by atomic mass is 9.86. The minimum Gasteiger partial charge on any atom is -0.494 e. The second-order valence-electron chi connectivity index (χ2n) is 8.74. The normalized spacial score (nSPS) is 18.7. The van der Waals surface area contributed by atoms with Crippen molar-refractivity contribution in [1.29, 1.82) is 0 Å². The molecule has 194 valence electrons. The first-order valence-electron chi connectivity index (χ1n) is 11.9. The van der Waals surface area contributed by atoms with E-state index in [1.807, 2.05) is 24.3 Å². The number of ether oxygens (including phenoxy) is 2. The van der Waals surface area contributed by atoms with Gasteiger partial charge in [-0.05, 0) is 61.0 Å². The van der Waals surface area contributed by atoms with Crippen LogP contribution in [-0.2, 0) is 22.5 Å². The van der Waals surface area contributed by atoms with Gasteiger partial charge in [-0.2, -0.15) is 0 Å². The van der Waals surface area contributed by atoms with Crippen molar-refractivity contribution >= 4 is 27.7 Å². The largest absolute Gasteiger partial charge is 0.494 e. The zero-order valence-corrected chi connectivity index (χ0v) is 21.8. The zero-order valence-electron chi connectivity index (χ0n) is 20.2. The first-order valence-corrected chi connectivity index (χ1v) is 12.7. The Kier molecular flexibility index (Phi) is 8.56. The van der Waals surface area contributed by atoms with Crippen molar-refractivity contribution < 1.29 is 28.2 Å². The number of hydrogen-bond acceptors (Lipinski definition) is 5.